The molecule has 10 heteroatoms. The van der Waals surface area contributed by atoms with Crippen molar-refractivity contribution in [2.45, 2.75) is 20.0 Å². The average Bonchev–Trinajstić information content (AvgIpc) is 3.23. The third-order valence-electron chi connectivity index (χ3n) is 4.60. The summed E-state index contributed by atoms with van der Waals surface area (Å²) in [6.07, 6.45) is -0.879. The van der Waals surface area contributed by atoms with Crippen LogP contribution in [-0.4, -0.2) is 36.6 Å². The number of nitrogens with zero attached hydrogens (tertiary/aromatic N) is 1. The first kappa shape index (κ1) is 23.7. The van der Waals surface area contributed by atoms with E-state index in [0.717, 1.165) is 11.3 Å². The zero-order chi connectivity index (χ0) is 24.0. The number of rotatable bonds is 9. The molecule has 0 saturated heterocycles. The van der Waals surface area contributed by atoms with Crippen LogP contribution in [0.3, 0.4) is 0 Å². The number of nitro groups is 1. The Morgan fingerprint density at radius 3 is 2.58 bits per heavy atom. The number of anilines is 1. The monoisotopic (exact) mass is 470 g/mol. The average molecular weight is 471 g/mol. The largest absolute Gasteiger partial charge is 0.497 e. The van der Waals surface area contributed by atoms with Gasteiger partial charge in [0, 0.05) is 29.1 Å². The molecule has 0 bridgehead atoms. The quantitative estimate of drug-likeness (QED) is 0.268. The smallest absolute Gasteiger partial charge is 0.341 e. The van der Waals surface area contributed by atoms with E-state index in [0.29, 0.717) is 22.6 Å². The van der Waals surface area contributed by atoms with Crippen molar-refractivity contribution in [2.75, 3.05) is 19.0 Å². The summed E-state index contributed by atoms with van der Waals surface area (Å²) in [5.74, 6) is -0.0802. The molecule has 3 rings (SSSR count). The number of amides is 1. The molecule has 0 spiro atoms. The standard InChI is InChI=1S/C23H22N2O7S/c1-4-31-23(27)20-19(15-7-5-8-16(11-15)25(28)29)13-33-22(20)24-21(26)14(2)32-18-10-6-9-17(12-18)30-3/h5-14H,4H2,1-3H3,(H,24,26). The highest BCUT2D eigenvalue weighted by Crippen LogP contribution is 2.37. The Bertz CT molecular complexity index is 1180. The summed E-state index contributed by atoms with van der Waals surface area (Å²) in [6, 6.07) is 12.7. The van der Waals surface area contributed by atoms with Gasteiger partial charge >= 0.3 is 5.97 Å². The van der Waals surface area contributed by atoms with Crippen molar-refractivity contribution in [1.82, 2.24) is 0 Å². The number of non-ortho nitro benzene ring substituents is 1. The second kappa shape index (κ2) is 10.6. The zero-order valence-corrected chi connectivity index (χ0v) is 19.0. The molecule has 1 atom stereocenters. The maximum atomic E-state index is 12.8. The molecule has 0 radical (unpaired) electrons. The second-order valence-electron chi connectivity index (χ2n) is 6.81. The number of ether oxygens (including phenoxy) is 3. The van der Waals surface area contributed by atoms with Crippen LogP contribution in [0.15, 0.2) is 53.9 Å². The maximum Gasteiger partial charge on any atom is 0.341 e. The Balaban J connectivity index is 1.87. The van der Waals surface area contributed by atoms with Gasteiger partial charge in [0.2, 0.25) is 0 Å². The number of methoxy groups -OCH3 is 1. The van der Waals surface area contributed by atoms with Gasteiger partial charge in [0.25, 0.3) is 11.6 Å². The van der Waals surface area contributed by atoms with E-state index in [4.69, 9.17) is 14.2 Å². The Morgan fingerprint density at radius 1 is 1.15 bits per heavy atom. The fourth-order valence-electron chi connectivity index (χ4n) is 3.00. The van der Waals surface area contributed by atoms with Crippen molar-refractivity contribution in [3.8, 4) is 22.6 Å². The molecular formula is C23H22N2O7S. The van der Waals surface area contributed by atoms with Gasteiger partial charge in [-0.15, -0.1) is 11.3 Å². The zero-order valence-electron chi connectivity index (χ0n) is 18.2. The van der Waals surface area contributed by atoms with Crippen LogP contribution in [0.4, 0.5) is 10.7 Å². The van der Waals surface area contributed by atoms with Gasteiger partial charge in [-0.2, -0.15) is 0 Å². The highest BCUT2D eigenvalue weighted by atomic mass is 32.1. The molecule has 1 amide bonds. The predicted octanol–water partition coefficient (Wildman–Crippen LogP) is 4.91. The van der Waals surface area contributed by atoms with Gasteiger partial charge in [0.15, 0.2) is 6.10 Å². The Labute approximate surface area is 194 Å². The molecule has 0 fully saturated rings. The van der Waals surface area contributed by atoms with Crippen LogP contribution >= 0.6 is 11.3 Å². The molecule has 3 aromatic rings. The number of carbonyl (C=O) groups excluding carboxylic acids is 2. The third kappa shape index (κ3) is 5.66. The molecule has 1 N–H and O–H groups in total. The Hall–Kier alpha value is -3.92. The minimum atomic E-state index is -0.879. The fraction of sp³-hybridized carbons (Fsp3) is 0.217. The molecule has 33 heavy (non-hydrogen) atoms. The summed E-state index contributed by atoms with van der Waals surface area (Å²) < 4.78 is 16.0. The van der Waals surface area contributed by atoms with Gasteiger partial charge in [-0.1, -0.05) is 18.2 Å². The van der Waals surface area contributed by atoms with E-state index in [1.54, 1.807) is 49.6 Å². The van der Waals surface area contributed by atoms with Crippen LogP contribution in [0.2, 0.25) is 0 Å². The second-order valence-corrected chi connectivity index (χ2v) is 7.69. The van der Waals surface area contributed by atoms with Crippen LogP contribution in [-0.2, 0) is 9.53 Å². The van der Waals surface area contributed by atoms with E-state index < -0.39 is 22.9 Å². The van der Waals surface area contributed by atoms with E-state index in [1.807, 2.05) is 0 Å². The van der Waals surface area contributed by atoms with Gasteiger partial charge in [0.05, 0.1) is 18.6 Å². The van der Waals surface area contributed by atoms with Crippen molar-refractivity contribution in [3.63, 3.8) is 0 Å². The summed E-state index contributed by atoms with van der Waals surface area (Å²) in [5.41, 5.74) is 0.909. The molecule has 0 aliphatic carbocycles. The lowest BCUT2D eigenvalue weighted by atomic mass is 10.0. The first-order chi connectivity index (χ1) is 15.8. The number of hydrogen-bond donors (Lipinski definition) is 1. The molecule has 0 aliphatic rings. The summed E-state index contributed by atoms with van der Waals surface area (Å²) in [4.78, 5) is 36.1. The van der Waals surface area contributed by atoms with Gasteiger partial charge in [0.1, 0.15) is 22.1 Å². The molecule has 0 saturated carbocycles. The van der Waals surface area contributed by atoms with Crippen LogP contribution in [0.1, 0.15) is 24.2 Å². The normalized spacial score (nSPS) is 11.4. The maximum absolute atomic E-state index is 12.8. The van der Waals surface area contributed by atoms with Gasteiger partial charge in [-0.05, 0) is 31.5 Å². The van der Waals surface area contributed by atoms with Crippen molar-refractivity contribution in [1.29, 1.82) is 0 Å². The molecule has 9 nitrogen and oxygen atoms in total. The number of nitrogens with one attached hydrogen (secondary N) is 1. The van der Waals surface area contributed by atoms with Crippen LogP contribution in [0.25, 0.3) is 11.1 Å². The van der Waals surface area contributed by atoms with Crippen LogP contribution in [0.5, 0.6) is 11.5 Å². The Morgan fingerprint density at radius 2 is 1.88 bits per heavy atom. The fourth-order valence-corrected chi connectivity index (χ4v) is 3.96. The van der Waals surface area contributed by atoms with Gasteiger partial charge in [-0.25, -0.2) is 4.79 Å². The first-order valence-electron chi connectivity index (χ1n) is 9.99. The number of nitro benzene ring substituents is 1. The lowest BCUT2D eigenvalue weighted by Crippen LogP contribution is -2.30. The van der Waals surface area contributed by atoms with E-state index in [-0.39, 0.29) is 22.9 Å². The van der Waals surface area contributed by atoms with E-state index in [1.165, 1.54) is 25.3 Å². The van der Waals surface area contributed by atoms with Crippen molar-refractivity contribution in [3.05, 3.63) is 69.6 Å². The SMILES string of the molecule is CCOC(=O)c1c(-c2cccc([N+](=O)[O-])c2)csc1NC(=O)C(C)Oc1cccc(OC)c1. The Kier molecular flexibility index (Phi) is 7.62. The lowest BCUT2D eigenvalue weighted by Gasteiger charge is -2.15. The number of hydrogen-bond acceptors (Lipinski definition) is 8. The lowest BCUT2D eigenvalue weighted by molar-refractivity contribution is -0.384. The molecule has 0 aliphatic heterocycles. The van der Waals surface area contributed by atoms with Crippen molar-refractivity contribution < 1.29 is 28.7 Å². The summed E-state index contributed by atoms with van der Waals surface area (Å²) in [7, 11) is 1.53. The van der Waals surface area contributed by atoms with Crippen molar-refractivity contribution in [2.24, 2.45) is 0 Å². The van der Waals surface area contributed by atoms with E-state index in [2.05, 4.69) is 5.32 Å². The third-order valence-corrected chi connectivity index (χ3v) is 5.49. The minimum absolute atomic E-state index is 0.112. The summed E-state index contributed by atoms with van der Waals surface area (Å²) in [5, 5.41) is 15.8. The van der Waals surface area contributed by atoms with E-state index in [9.17, 15) is 19.7 Å². The van der Waals surface area contributed by atoms with Gasteiger partial charge < -0.3 is 19.5 Å². The molecule has 1 heterocycles. The topological polar surface area (TPSA) is 117 Å². The highest BCUT2D eigenvalue weighted by molar-refractivity contribution is 7.15. The molecule has 1 aromatic heterocycles. The minimum Gasteiger partial charge on any atom is -0.497 e. The summed E-state index contributed by atoms with van der Waals surface area (Å²) in [6.45, 7) is 3.37. The number of thiophene rings is 1. The number of benzene rings is 2. The predicted molar refractivity (Wildman–Crippen MR) is 124 cm³/mol. The van der Waals surface area contributed by atoms with Crippen molar-refractivity contribution >= 4 is 33.9 Å². The molecule has 1 unspecified atom stereocenters. The number of esters is 1. The number of carbonyl (C=O) groups is 2. The molecule has 172 valence electrons. The first-order valence-corrected chi connectivity index (χ1v) is 10.9. The molecule has 2 aromatic carbocycles. The van der Waals surface area contributed by atoms with Crippen LogP contribution in [0, 0.1) is 10.1 Å². The molecular weight excluding hydrogens is 448 g/mol. The van der Waals surface area contributed by atoms with Gasteiger partial charge in [-0.3, -0.25) is 14.9 Å². The summed E-state index contributed by atoms with van der Waals surface area (Å²) >= 11 is 1.12. The van der Waals surface area contributed by atoms with Crippen LogP contribution < -0.4 is 14.8 Å². The van der Waals surface area contributed by atoms with E-state index >= 15 is 0 Å². The highest BCUT2D eigenvalue weighted by Gasteiger charge is 2.25.